The van der Waals surface area contributed by atoms with Gasteiger partial charge in [-0.05, 0) is 13.1 Å². The van der Waals surface area contributed by atoms with E-state index in [4.69, 9.17) is 0 Å². The molecule has 1 nitrogen and oxygen atoms in total. The van der Waals surface area contributed by atoms with Crippen molar-refractivity contribution in [1.29, 1.82) is 0 Å². The smallest absolute Gasteiger partial charge is 0.0697 e. The average molecular weight is 111 g/mol. The van der Waals surface area contributed by atoms with Crippen LogP contribution >= 0.6 is 0 Å². The maximum absolute atomic E-state index is 3.76. The zero-order valence-electron chi connectivity index (χ0n) is 5.19. The van der Waals surface area contributed by atoms with Gasteiger partial charge in [0, 0.05) is 12.8 Å². The third-order valence-electron chi connectivity index (χ3n) is 1.72. The van der Waals surface area contributed by atoms with Gasteiger partial charge in [0.05, 0.1) is 5.92 Å². The van der Waals surface area contributed by atoms with Crippen LogP contribution in [0.1, 0.15) is 12.8 Å². The first kappa shape index (κ1) is 5.96. The Balaban J connectivity index is 2.13. The van der Waals surface area contributed by atoms with E-state index in [9.17, 15) is 0 Å². The highest BCUT2D eigenvalue weighted by molar-refractivity contribution is 4.81. The monoisotopic (exact) mass is 111 g/mol. The van der Waals surface area contributed by atoms with Crippen molar-refractivity contribution in [1.82, 2.24) is 5.32 Å². The summed E-state index contributed by atoms with van der Waals surface area (Å²) in [6.07, 6.45) is 4.63. The number of nitrogens with one attached hydrogen (secondary N) is 1. The summed E-state index contributed by atoms with van der Waals surface area (Å²) < 4.78 is 0. The second-order valence-electron chi connectivity index (χ2n) is 2.32. The summed E-state index contributed by atoms with van der Waals surface area (Å²) in [4.78, 5) is 0. The molecular formula is C7H13N. The Bertz CT molecular complexity index is 55.4. The van der Waals surface area contributed by atoms with Crippen molar-refractivity contribution in [3.63, 3.8) is 0 Å². The molecule has 0 amide bonds. The normalized spacial score (nSPS) is 23.1. The average Bonchev–Trinajstić information content (AvgIpc) is 1.90. The fourth-order valence-corrected chi connectivity index (χ4v) is 1.08. The number of hydrogen-bond donors (Lipinski definition) is 1. The van der Waals surface area contributed by atoms with Gasteiger partial charge in [-0.3, -0.25) is 0 Å². The maximum atomic E-state index is 3.76. The van der Waals surface area contributed by atoms with Crippen LogP contribution < -0.4 is 5.32 Å². The van der Waals surface area contributed by atoms with Crippen molar-refractivity contribution in [2.75, 3.05) is 13.1 Å². The summed E-state index contributed by atoms with van der Waals surface area (Å²) >= 11 is 0. The van der Waals surface area contributed by atoms with Gasteiger partial charge in [0.2, 0.25) is 0 Å². The van der Waals surface area contributed by atoms with Gasteiger partial charge in [-0.2, -0.15) is 0 Å². The van der Waals surface area contributed by atoms with E-state index in [2.05, 4.69) is 18.7 Å². The molecule has 0 aromatic carbocycles. The highest BCUT2D eigenvalue weighted by Crippen LogP contribution is 2.12. The van der Waals surface area contributed by atoms with Crippen LogP contribution in [0.4, 0.5) is 0 Å². The molecule has 1 heteroatoms. The minimum absolute atomic E-state index is 0.788. The highest BCUT2D eigenvalue weighted by Gasteiger charge is 2.12. The lowest BCUT2D eigenvalue weighted by Crippen LogP contribution is -2.27. The fourth-order valence-electron chi connectivity index (χ4n) is 1.08. The lowest BCUT2D eigenvalue weighted by molar-refractivity contribution is 0.421. The Morgan fingerprint density at radius 2 is 2.00 bits per heavy atom. The predicted octanol–water partition coefficient (Wildman–Crippen LogP) is 1.02. The second-order valence-corrected chi connectivity index (χ2v) is 2.32. The van der Waals surface area contributed by atoms with E-state index in [-0.39, 0.29) is 0 Å². The van der Waals surface area contributed by atoms with Gasteiger partial charge >= 0.3 is 0 Å². The molecule has 8 heavy (non-hydrogen) atoms. The van der Waals surface area contributed by atoms with Crippen LogP contribution in [0, 0.1) is 19.3 Å². The SMILES string of the molecule is [CH2-][CH+]C1CCNCC1. The molecule has 46 valence electrons. The van der Waals surface area contributed by atoms with Gasteiger partial charge in [0.25, 0.3) is 0 Å². The van der Waals surface area contributed by atoms with E-state index in [1.807, 2.05) is 0 Å². The second kappa shape index (κ2) is 2.98. The predicted molar refractivity (Wildman–Crippen MR) is 35.3 cm³/mol. The Hall–Kier alpha value is -0.170. The molecule has 1 saturated heterocycles. The first-order chi connectivity index (χ1) is 3.93. The van der Waals surface area contributed by atoms with Crippen molar-refractivity contribution in [2.24, 2.45) is 5.92 Å². The Morgan fingerprint density at radius 1 is 1.38 bits per heavy atom. The van der Waals surface area contributed by atoms with E-state index < -0.39 is 0 Å². The zero-order chi connectivity index (χ0) is 5.82. The van der Waals surface area contributed by atoms with Crippen LogP contribution in [-0.2, 0) is 0 Å². The Labute approximate surface area is 51.5 Å². The molecule has 1 fully saturated rings. The molecule has 1 N–H and O–H groups in total. The van der Waals surface area contributed by atoms with Crippen molar-refractivity contribution < 1.29 is 0 Å². The first-order valence-electron chi connectivity index (χ1n) is 3.27. The number of hydrogen-bond acceptors (Lipinski definition) is 1. The highest BCUT2D eigenvalue weighted by atomic mass is 14.9. The van der Waals surface area contributed by atoms with Gasteiger partial charge in [-0.15, -0.1) is 6.92 Å². The van der Waals surface area contributed by atoms with Gasteiger partial charge in [0.15, 0.2) is 0 Å². The summed E-state index contributed by atoms with van der Waals surface area (Å²) in [7, 11) is 0. The van der Waals surface area contributed by atoms with Crippen molar-refractivity contribution >= 4 is 0 Å². The molecule has 0 aromatic heterocycles. The zero-order valence-corrected chi connectivity index (χ0v) is 5.19. The maximum Gasteiger partial charge on any atom is 0.0697 e. The number of piperidine rings is 1. The Kier molecular flexibility index (Phi) is 2.22. The molecule has 0 saturated carbocycles. The molecule has 0 aromatic rings. The fraction of sp³-hybridized carbons (Fsp3) is 0.714. The number of rotatable bonds is 1. The quantitative estimate of drug-likeness (QED) is 0.498. The molecule has 0 radical (unpaired) electrons. The van der Waals surface area contributed by atoms with Crippen LogP contribution in [0.2, 0.25) is 0 Å². The van der Waals surface area contributed by atoms with Crippen LogP contribution in [0.25, 0.3) is 0 Å². The van der Waals surface area contributed by atoms with Crippen molar-refractivity contribution in [3.8, 4) is 0 Å². The van der Waals surface area contributed by atoms with Crippen LogP contribution in [0.3, 0.4) is 0 Å². The summed E-state index contributed by atoms with van der Waals surface area (Å²) in [5, 5.41) is 3.30. The molecule has 0 unspecified atom stereocenters. The Morgan fingerprint density at radius 3 is 2.38 bits per heavy atom. The molecule has 1 heterocycles. The lowest BCUT2D eigenvalue weighted by atomic mass is 9.96. The van der Waals surface area contributed by atoms with Gasteiger partial charge in [-0.25, -0.2) is 0 Å². The van der Waals surface area contributed by atoms with Gasteiger partial charge in [-0.1, -0.05) is 6.42 Å². The van der Waals surface area contributed by atoms with Gasteiger partial charge < -0.3 is 5.32 Å². The molecule has 0 bridgehead atoms. The van der Waals surface area contributed by atoms with Crippen LogP contribution in [0.5, 0.6) is 0 Å². The summed E-state index contributed by atoms with van der Waals surface area (Å²) in [6.45, 7) is 6.11. The van der Waals surface area contributed by atoms with E-state index in [1.54, 1.807) is 0 Å². The summed E-state index contributed by atoms with van der Waals surface area (Å²) in [5.74, 6) is 0.788. The van der Waals surface area contributed by atoms with E-state index in [0.717, 1.165) is 5.92 Å². The summed E-state index contributed by atoms with van der Waals surface area (Å²) in [6, 6.07) is 0. The molecule has 0 aliphatic carbocycles. The molecule has 1 aliphatic heterocycles. The molecule has 0 spiro atoms. The molecule has 0 atom stereocenters. The van der Waals surface area contributed by atoms with Crippen molar-refractivity contribution in [3.05, 3.63) is 13.3 Å². The third kappa shape index (κ3) is 1.41. The lowest BCUT2D eigenvalue weighted by Gasteiger charge is -2.16. The topological polar surface area (TPSA) is 12.0 Å². The van der Waals surface area contributed by atoms with Crippen molar-refractivity contribution in [2.45, 2.75) is 12.8 Å². The molecule has 1 aliphatic rings. The largest absolute Gasteiger partial charge is 0.316 e. The van der Waals surface area contributed by atoms with Crippen LogP contribution in [-0.4, -0.2) is 13.1 Å². The third-order valence-corrected chi connectivity index (χ3v) is 1.72. The first-order valence-corrected chi connectivity index (χ1v) is 3.27. The summed E-state index contributed by atoms with van der Waals surface area (Å²) in [5.41, 5.74) is 0. The van der Waals surface area contributed by atoms with E-state index in [1.165, 1.54) is 25.9 Å². The van der Waals surface area contributed by atoms with E-state index in [0.29, 0.717) is 0 Å². The minimum atomic E-state index is 0.788. The molecule has 1 rings (SSSR count). The minimum Gasteiger partial charge on any atom is -0.316 e. The molecular weight excluding hydrogens is 98.1 g/mol. The van der Waals surface area contributed by atoms with Crippen LogP contribution in [0.15, 0.2) is 0 Å². The van der Waals surface area contributed by atoms with E-state index >= 15 is 0 Å². The van der Waals surface area contributed by atoms with Gasteiger partial charge in [0.1, 0.15) is 0 Å². The standard InChI is InChI=1S/C7H13N/c1-2-7-3-5-8-6-4-7/h2,7-8H,1,3-6H2.